The van der Waals surface area contributed by atoms with Gasteiger partial charge >= 0.3 is 5.97 Å². The first-order valence-corrected chi connectivity index (χ1v) is 6.09. The predicted octanol–water partition coefficient (Wildman–Crippen LogP) is 3.17. The molecule has 0 aliphatic carbocycles. The Morgan fingerprint density at radius 1 is 1.28 bits per heavy atom. The minimum atomic E-state index is -2.63. The molecule has 0 saturated carbocycles. The molecule has 92 valence electrons. The molecule has 2 aromatic rings. The largest absolute Gasteiger partial charge is 0.481 e. The molecule has 0 saturated heterocycles. The Balaban J connectivity index is 2.30. The van der Waals surface area contributed by atoms with E-state index < -0.39 is 18.7 Å². The van der Waals surface area contributed by atoms with Gasteiger partial charge in [0.05, 0.1) is 10.8 Å². The lowest BCUT2D eigenvalue weighted by Crippen LogP contribution is -2.07. The van der Waals surface area contributed by atoms with E-state index in [-0.39, 0.29) is 11.3 Å². The van der Waals surface area contributed by atoms with Crippen molar-refractivity contribution in [1.82, 2.24) is 0 Å². The van der Waals surface area contributed by atoms with Crippen LogP contribution in [0.15, 0.2) is 41.8 Å². The Morgan fingerprint density at radius 2 is 2.00 bits per heavy atom. The number of hydrogen-bond acceptors (Lipinski definition) is 3. The molecule has 0 fully saturated rings. The van der Waals surface area contributed by atoms with Crippen LogP contribution in [0, 0.1) is 0 Å². The number of hydrogen-bond donors (Lipinski definition) is 1. The summed E-state index contributed by atoms with van der Waals surface area (Å²) in [5.74, 6) is -3.17. The standard InChI is InChI=1S/C14H12O3S/c1-9(14(16)17)10-4-6-11(7-5-10)13(15)12-3-2-8-18-12/h2-9H,1H3,(H,16,17)/t9-/m1/s1/i1D3. The van der Waals surface area contributed by atoms with Gasteiger partial charge in [0.25, 0.3) is 0 Å². The molecule has 1 N–H and O–H groups in total. The van der Waals surface area contributed by atoms with Gasteiger partial charge in [0, 0.05) is 9.68 Å². The lowest BCUT2D eigenvalue weighted by molar-refractivity contribution is -0.138. The van der Waals surface area contributed by atoms with Crippen LogP contribution >= 0.6 is 11.3 Å². The van der Waals surface area contributed by atoms with Crippen LogP contribution in [0.5, 0.6) is 0 Å². The van der Waals surface area contributed by atoms with E-state index in [4.69, 9.17) is 9.22 Å². The summed E-state index contributed by atoms with van der Waals surface area (Å²) in [6, 6.07) is 9.14. The first-order valence-electron chi connectivity index (χ1n) is 6.71. The number of rotatable bonds is 4. The number of carboxylic acids is 1. The van der Waals surface area contributed by atoms with Gasteiger partial charge in [0.15, 0.2) is 0 Å². The second kappa shape index (κ2) is 5.14. The van der Waals surface area contributed by atoms with E-state index in [1.807, 2.05) is 0 Å². The zero-order chi connectivity index (χ0) is 15.6. The molecule has 0 aliphatic heterocycles. The van der Waals surface area contributed by atoms with Crippen molar-refractivity contribution in [2.24, 2.45) is 0 Å². The van der Waals surface area contributed by atoms with Gasteiger partial charge < -0.3 is 5.11 Å². The SMILES string of the molecule is [2H]C([2H])([2H])[C@@H](C(=O)O)c1ccc(C(=O)c2cccs2)cc1. The van der Waals surface area contributed by atoms with Crippen molar-refractivity contribution >= 4 is 23.1 Å². The van der Waals surface area contributed by atoms with Gasteiger partial charge in [-0.25, -0.2) is 0 Å². The average Bonchev–Trinajstić information content (AvgIpc) is 2.90. The van der Waals surface area contributed by atoms with Gasteiger partial charge in [-0.3, -0.25) is 9.59 Å². The van der Waals surface area contributed by atoms with Crippen molar-refractivity contribution in [3.63, 3.8) is 0 Å². The molecule has 2 rings (SSSR count). The minimum absolute atomic E-state index is 0.158. The molecule has 0 spiro atoms. The lowest BCUT2D eigenvalue weighted by atomic mass is 9.99. The van der Waals surface area contributed by atoms with Crippen molar-refractivity contribution in [2.75, 3.05) is 0 Å². The van der Waals surface area contributed by atoms with E-state index in [0.29, 0.717) is 10.4 Å². The van der Waals surface area contributed by atoms with E-state index in [1.165, 1.54) is 35.6 Å². The van der Waals surface area contributed by atoms with Gasteiger partial charge in [-0.2, -0.15) is 0 Å². The van der Waals surface area contributed by atoms with Crippen LogP contribution in [0.2, 0.25) is 0 Å². The molecule has 1 heterocycles. The van der Waals surface area contributed by atoms with E-state index in [1.54, 1.807) is 17.5 Å². The zero-order valence-electron chi connectivity index (χ0n) is 12.3. The number of benzene rings is 1. The zero-order valence-corrected chi connectivity index (χ0v) is 10.1. The van der Waals surface area contributed by atoms with Crippen molar-refractivity contribution in [3.05, 3.63) is 57.8 Å². The summed E-state index contributed by atoms with van der Waals surface area (Å²) in [5, 5.41) is 10.9. The van der Waals surface area contributed by atoms with E-state index >= 15 is 0 Å². The molecular weight excluding hydrogens is 248 g/mol. The van der Waals surface area contributed by atoms with Crippen LogP contribution in [0.3, 0.4) is 0 Å². The highest BCUT2D eigenvalue weighted by Crippen LogP contribution is 2.19. The van der Waals surface area contributed by atoms with Crippen molar-refractivity contribution < 1.29 is 18.8 Å². The maximum atomic E-state index is 12.1. The Labute approximate surface area is 113 Å². The third kappa shape index (κ3) is 2.49. The second-order valence-corrected chi connectivity index (χ2v) is 4.65. The van der Waals surface area contributed by atoms with E-state index in [2.05, 4.69) is 0 Å². The van der Waals surface area contributed by atoms with Crippen LogP contribution in [0.25, 0.3) is 0 Å². The summed E-state index contributed by atoms with van der Waals surface area (Å²) in [5.41, 5.74) is 0.557. The third-order valence-electron chi connectivity index (χ3n) is 2.50. The van der Waals surface area contributed by atoms with Crippen LogP contribution in [-0.2, 0) is 4.79 Å². The number of carbonyl (C=O) groups excluding carboxylic acids is 1. The summed E-state index contributed by atoms with van der Waals surface area (Å²) in [6.07, 6.45) is 0. The van der Waals surface area contributed by atoms with E-state index in [0.717, 1.165) is 0 Å². The molecule has 0 bridgehead atoms. The molecule has 3 nitrogen and oxygen atoms in total. The molecule has 1 aromatic heterocycles. The topological polar surface area (TPSA) is 54.4 Å². The van der Waals surface area contributed by atoms with Crippen molar-refractivity contribution in [2.45, 2.75) is 12.8 Å². The monoisotopic (exact) mass is 263 g/mol. The maximum absolute atomic E-state index is 12.1. The van der Waals surface area contributed by atoms with E-state index in [9.17, 15) is 9.59 Å². The highest BCUT2D eigenvalue weighted by atomic mass is 32.1. The van der Waals surface area contributed by atoms with Crippen LogP contribution in [0.1, 0.15) is 37.7 Å². The first kappa shape index (κ1) is 9.05. The fourth-order valence-electron chi connectivity index (χ4n) is 1.52. The Morgan fingerprint density at radius 3 is 2.50 bits per heavy atom. The second-order valence-electron chi connectivity index (χ2n) is 3.70. The number of carboxylic acid groups (broad SMARTS) is 1. The van der Waals surface area contributed by atoms with Gasteiger partial charge in [0.2, 0.25) is 5.78 Å². The number of carbonyl (C=O) groups is 2. The molecule has 0 unspecified atom stereocenters. The molecule has 1 atom stereocenters. The molecule has 0 aliphatic rings. The number of thiophene rings is 1. The van der Waals surface area contributed by atoms with Crippen molar-refractivity contribution in [3.8, 4) is 0 Å². The van der Waals surface area contributed by atoms with Crippen LogP contribution < -0.4 is 0 Å². The summed E-state index contributed by atoms with van der Waals surface area (Å²) < 4.78 is 21.9. The highest BCUT2D eigenvalue weighted by Gasteiger charge is 2.15. The third-order valence-corrected chi connectivity index (χ3v) is 3.37. The Hall–Kier alpha value is -1.94. The molecule has 4 heteroatoms. The van der Waals surface area contributed by atoms with Gasteiger partial charge in [0.1, 0.15) is 0 Å². The quantitative estimate of drug-likeness (QED) is 0.862. The fourth-order valence-corrected chi connectivity index (χ4v) is 2.21. The first-order chi connectivity index (χ1) is 9.80. The molecule has 0 amide bonds. The summed E-state index contributed by atoms with van der Waals surface area (Å²) in [4.78, 5) is 23.8. The van der Waals surface area contributed by atoms with Crippen LogP contribution in [-0.4, -0.2) is 16.9 Å². The predicted molar refractivity (Wildman–Crippen MR) is 70.2 cm³/mol. The smallest absolute Gasteiger partial charge is 0.310 e. The summed E-state index contributed by atoms with van der Waals surface area (Å²) in [6.45, 7) is -2.63. The molecule has 1 aromatic carbocycles. The minimum Gasteiger partial charge on any atom is -0.481 e. The Bertz CT molecular complexity index is 645. The summed E-state index contributed by atoms with van der Waals surface area (Å²) in [7, 11) is 0. The number of ketones is 1. The van der Waals surface area contributed by atoms with Gasteiger partial charge in [-0.05, 0) is 23.9 Å². The molecular formula is C14H12O3S. The molecule has 0 radical (unpaired) electrons. The highest BCUT2D eigenvalue weighted by molar-refractivity contribution is 7.12. The van der Waals surface area contributed by atoms with Gasteiger partial charge in [-0.15, -0.1) is 11.3 Å². The normalized spacial score (nSPS) is 15.2. The molecule has 18 heavy (non-hydrogen) atoms. The Kier molecular flexibility index (Phi) is 2.59. The maximum Gasteiger partial charge on any atom is 0.310 e. The summed E-state index contributed by atoms with van der Waals surface area (Å²) >= 11 is 1.31. The van der Waals surface area contributed by atoms with Crippen LogP contribution in [0.4, 0.5) is 0 Å². The number of aliphatic carboxylic acids is 1. The van der Waals surface area contributed by atoms with Crippen molar-refractivity contribution in [1.29, 1.82) is 0 Å². The lowest BCUT2D eigenvalue weighted by Gasteiger charge is -2.06. The fraction of sp³-hybridized carbons (Fsp3) is 0.143. The van der Waals surface area contributed by atoms with Gasteiger partial charge in [-0.1, -0.05) is 30.3 Å². The average molecular weight is 263 g/mol.